The van der Waals surface area contributed by atoms with Crippen molar-refractivity contribution in [2.24, 2.45) is 11.7 Å². The number of amides is 1. The number of pyridine rings is 1. The van der Waals surface area contributed by atoms with E-state index in [0.717, 1.165) is 54.4 Å². The first kappa shape index (κ1) is 20.0. The van der Waals surface area contributed by atoms with Crippen LogP contribution in [0.2, 0.25) is 0 Å². The second kappa shape index (κ2) is 7.90. The summed E-state index contributed by atoms with van der Waals surface area (Å²) >= 11 is 0. The molecule has 0 bridgehead atoms. The number of hydrogen-bond donors (Lipinski definition) is 1. The Hall–Kier alpha value is -1.36. The van der Waals surface area contributed by atoms with E-state index in [1.165, 1.54) is 5.56 Å². The molecule has 136 valence electrons. The molecule has 2 N–H and O–H groups in total. The van der Waals surface area contributed by atoms with Crippen LogP contribution in [0.4, 0.5) is 0 Å². The number of para-hydroxylation sites is 1. The molecule has 2 atom stereocenters. The molecule has 25 heavy (non-hydrogen) atoms. The van der Waals surface area contributed by atoms with Crippen molar-refractivity contribution in [1.82, 2.24) is 9.88 Å². The molecule has 1 aromatic carbocycles. The smallest absolute Gasteiger partial charge is 0.255 e. The minimum Gasteiger partial charge on any atom is -0.336 e. The van der Waals surface area contributed by atoms with Crippen LogP contribution in [0, 0.1) is 5.92 Å². The summed E-state index contributed by atoms with van der Waals surface area (Å²) in [5.74, 6) is 0.597. The highest BCUT2D eigenvalue weighted by Gasteiger charge is 2.34. The summed E-state index contributed by atoms with van der Waals surface area (Å²) in [7, 11) is 0. The van der Waals surface area contributed by atoms with Crippen LogP contribution in [-0.2, 0) is 12.8 Å². The number of carbonyl (C=O) groups excluding carboxylic acids is 1. The molecular weight excluding hydrogens is 357 g/mol. The number of carbonyl (C=O) groups is 1. The number of hydrogen-bond acceptors (Lipinski definition) is 3. The van der Waals surface area contributed by atoms with Gasteiger partial charge >= 0.3 is 0 Å². The monoisotopic (exact) mass is 381 g/mol. The lowest BCUT2D eigenvalue weighted by Gasteiger charge is -2.24. The van der Waals surface area contributed by atoms with Gasteiger partial charge in [0.25, 0.3) is 5.91 Å². The predicted octanol–water partition coefficient (Wildman–Crippen LogP) is 3.38. The highest BCUT2D eigenvalue weighted by atomic mass is 35.5. The van der Waals surface area contributed by atoms with Gasteiger partial charge in [-0.1, -0.05) is 18.2 Å². The Labute approximate surface area is 161 Å². The molecule has 0 radical (unpaired) electrons. The molecule has 2 unspecified atom stereocenters. The lowest BCUT2D eigenvalue weighted by Crippen LogP contribution is -2.35. The maximum atomic E-state index is 13.3. The lowest BCUT2D eigenvalue weighted by molar-refractivity contribution is 0.0744. The number of halogens is 2. The van der Waals surface area contributed by atoms with E-state index in [2.05, 4.69) is 6.92 Å². The highest BCUT2D eigenvalue weighted by Crippen LogP contribution is 2.33. The largest absolute Gasteiger partial charge is 0.336 e. The van der Waals surface area contributed by atoms with Crippen LogP contribution in [0.1, 0.15) is 41.4 Å². The predicted molar refractivity (Wildman–Crippen MR) is 106 cm³/mol. The molecule has 6 heteroatoms. The van der Waals surface area contributed by atoms with Crippen LogP contribution in [0.15, 0.2) is 24.3 Å². The second-order valence-corrected chi connectivity index (χ2v) is 6.93. The maximum absolute atomic E-state index is 13.3. The second-order valence-electron chi connectivity index (χ2n) is 6.93. The van der Waals surface area contributed by atoms with Crippen molar-refractivity contribution in [3.05, 3.63) is 41.1 Å². The molecule has 2 aliphatic rings. The first-order valence-corrected chi connectivity index (χ1v) is 8.60. The summed E-state index contributed by atoms with van der Waals surface area (Å²) in [4.78, 5) is 20.2. The van der Waals surface area contributed by atoms with Crippen molar-refractivity contribution in [1.29, 1.82) is 0 Å². The Kier molecular flexibility index (Phi) is 6.30. The molecule has 1 saturated heterocycles. The zero-order valence-electron chi connectivity index (χ0n) is 14.4. The lowest BCUT2D eigenvalue weighted by atomic mass is 10.00. The van der Waals surface area contributed by atoms with Crippen molar-refractivity contribution in [2.45, 2.75) is 38.6 Å². The third-order valence-electron chi connectivity index (χ3n) is 5.39. The van der Waals surface area contributed by atoms with Gasteiger partial charge in [-0.2, -0.15) is 0 Å². The zero-order chi connectivity index (χ0) is 16.0. The molecule has 1 fully saturated rings. The molecule has 0 saturated carbocycles. The molecule has 0 spiro atoms. The zero-order valence-corrected chi connectivity index (χ0v) is 16.0. The van der Waals surface area contributed by atoms with Gasteiger partial charge in [0.15, 0.2) is 0 Å². The number of rotatable bonds is 2. The minimum absolute atomic E-state index is 0. The number of nitrogens with zero attached hydrogens (tertiary/aromatic N) is 2. The van der Waals surface area contributed by atoms with Gasteiger partial charge in [-0.3, -0.25) is 9.78 Å². The molecule has 1 aliphatic carbocycles. The summed E-state index contributed by atoms with van der Waals surface area (Å²) in [5.41, 5.74) is 9.97. The quantitative estimate of drug-likeness (QED) is 0.866. The van der Waals surface area contributed by atoms with Gasteiger partial charge in [0.2, 0.25) is 0 Å². The number of aryl methyl sites for hydroxylation is 1. The van der Waals surface area contributed by atoms with Gasteiger partial charge in [0.05, 0.1) is 11.1 Å². The minimum atomic E-state index is 0. The normalized spacial score (nSPS) is 21.6. The van der Waals surface area contributed by atoms with Gasteiger partial charge in [-0.15, -0.1) is 24.8 Å². The third-order valence-corrected chi connectivity index (χ3v) is 5.39. The van der Waals surface area contributed by atoms with E-state index in [4.69, 9.17) is 10.7 Å². The van der Waals surface area contributed by atoms with Crippen molar-refractivity contribution < 1.29 is 4.79 Å². The van der Waals surface area contributed by atoms with Crippen LogP contribution in [0.25, 0.3) is 10.9 Å². The van der Waals surface area contributed by atoms with Gasteiger partial charge < -0.3 is 10.6 Å². The van der Waals surface area contributed by atoms with Gasteiger partial charge in [-0.25, -0.2) is 0 Å². The molecule has 2 aromatic rings. The highest BCUT2D eigenvalue weighted by molar-refractivity contribution is 6.08. The van der Waals surface area contributed by atoms with Gasteiger partial charge in [0.1, 0.15) is 0 Å². The van der Waals surface area contributed by atoms with E-state index in [1.54, 1.807) is 0 Å². The number of benzene rings is 1. The Bertz CT molecular complexity index is 781. The van der Waals surface area contributed by atoms with Crippen LogP contribution in [0.3, 0.4) is 0 Å². The average molecular weight is 382 g/mol. The standard InChI is InChI=1S/C19H23N3O.2ClH/c1-12-9-13(10-20)11-22(12)19(23)18-14-5-2-3-7-16(14)21-17-8-4-6-15(17)18;;/h2-3,5,7,12-13H,4,6,8-11,20H2,1H3;2*1H. The SMILES string of the molecule is CC1CC(CN)CN1C(=O)c1c2c(nc3ccccc13)CCC2.Cl.Cl. The van der Waals surface area contributed by atoms with E-state index in [-0.39, 0.29) is 36.8 Å². The summed E-state index contributed by atoms with van der Waals surface area (Å²) in [6, 6.07) is 8.31. The Morgan fingerprint density at radius 3 is 2.76 bits per heavy atom. The Morgan fingerprint density at radius 1 is 1.28 bits per heavy atom. The molecule has 4 nitrogen and oxygen atoms in total. The van der Waals surface area contributed by atoms with E-state index >= 15 is 0 Å². The van der Waals surface area contributed by atoms with Crippen molar-refractivity contribution in [2.75, 3.05) is 13.1 Å². The Morgan fingerprint density at radius 2 is 2.04 bits per heavy atom. The Balaban J connectivity index is 0.00000113. The summed E-state index contributed by atoms with van der Waals surface area (Å²) in [5, 5.41) is 1.00. The summed E-state index contributed by atoms with van der Waals surface area (Å²) < 4.78 is 0. The number of nitrogens with two attached hydrogens (primary N) is 1. The van der Waals surface area contributed by atoms with E-state index in [1.807, 2.05) is 29.2 Å². The van der Waals surface area contributed by atoms with Crippen LogP contribution >= 0.6 is 24.8 Å². The fraction of sp³-hybridized carbons (Fsp3) is 0.474. The molecule has 1 aromatic heterocycles. The van der Waals surface area contributed by atoms with Crippen LogP contribution in [0.5, 0.6) is 0 Å². The third kappa shape index (κ3) is 3.35. The van der Waals surface area contributed by atoms with Crippen molar-refractivity contribution in [3.8, 4) is 0 Å². The molecule has 4 rings (SSSR count). The first-order chi connectivity index (χ1) is 11.2. The molecule has 2 heterocycles. The average Bonchev–Trinajstić information content (AvgIpc) is 3.17. The van der Waals surface area contributed by atoms with Crippen LogP contribution < -0.4 is 5.73 Å². The van der Waals surface area contributed by atoms with E-state index in [9.17, 15) is 4.79 Å². The summed E-state index contributed by atoms with van der Waals surface area (Å²) in [6.45, 7) is 3.57. The number of likely N-dealkylation sites (tertiary alicyclic amines) is 1. The summed E-state index contributed by atoms with van der Waals surface area (Å²) in [6.07, 6.45) is 4.06. The number of fused-ring (bicyclic) bond motifs is 2. The topological polar surface area (TPSA) is 59.2 Å². The van der Waals surface area contributed by atoms with Crippen molar-refractivity contribution >= 4 is 41.6 Å². The van der Waals surface area contributed by atoms with Crippen molar-refractivity contribution in [3.63, 3.8) is 0 Å². The molecular formula is C19H25Cl2N3O. The molecule has 1 aliphatic heterocycles. The first-order valence-electron chi connectivity index (χ1n) is 8.60. The number of aromatic nitrogens is 1. The van der Waals surface area contributed by atoms with Gasteiger partial charge in [-0.05, 0) is 56.7 Å². The maximum Gasteiger partial charge on any atom is 0.255 e. The van der Waals surface area contributed by atoms with E-state index in [0.29, 0.717) is 12.5 Å². The molecule has 1 amide bonds. The fourth-order valence-corrected chi connectivity index (χ4v) is 4.19. The van der Waals surface area contributed by atoms with E-state index < -0.39 is 0 Å². The fourth-order valence-electron chi connectivity index (χ4n) is 4.19. The van der Waals surface area contributed by atoms with Gasteiger partial charge in [0, 0.05) is 23.7 Å². The van der Waals surface area contributed by atoms with Crippen LogP contribution in [-0.4, -0.2) is 34.9 Å².